The number of nitrogens with one attached hydrogen (secondary N) is 1. The summed E-state index contributed by atoms with van der Waals surface area (Å²) in [6.45, 7) is 0. The highest BCUT2D eigenvalue weighted by molar-refractivity contribution is 7.80. The first kappa shape index (κ1) is 7.25. The topological polar surface area (TPSA) is 38.0 Å². The van der Waals surface area contributed by atoms with Crippen LogP contribution in [0.4, 0.5) is 0 Å². The number of hydrogen-bond donors (Lipinski definition) is 2. The van der Waals surface area contributed by atoms with Gasteiger partial charge in [-0.1, -0.05) is 24.4 Å². The van der Waals surface area contributed by atoms with Crippen LogP contribution in [0.3, 0.4) is 0 Å². The van der Waals surface area contributed by atoms with Crippen LogP contribution in [0.5, 0.6) is 0 Å². The minimum absolute atomic E-state index is 0.455. The molecule has 2 atom stereocenters. The molecular weight excluding hydrogens is 156 g/mol. The van der Waals surface area contributed by atoms with Gasteiger partial charge in [-0.25, -0.2) is 0 Å². The SMILES string of the molecule is NC(=S)C1CC2C=CC(C1)N2. The van der Waals surface area contributed by atoms with Gasteiger partial charge in [-0.15, -0.1) is 0 Å². The van der Waals surface area contributed by atoms with Crippen LogP contribution in [0.15, 0.2) is 12.2 Å². The maximum atomic E-state index is 5.60. The fourth-order valence-corrected chi connectivity index (χ4v) is 2.08. The molecule has 0 aromatic rings. The molecular formula is C8H12N2S. The zero-order valence-corrected chi connectivity index (χ0v) is 7.10. The summed E-state index contributed by atoms with van der Waals surface area (Å²) in [6.07, 6.45) is 6.62. The van der Waals surface area contributed by atoms with Gasteiger partial charge in [-0.3, -0.25) is 0 Å². The monoisotopic (exact) mass is 168 g/mol. The lowest BCUT2D eigenvalue weighted by Crippen LogP contribution is -2.42. The maximum absolute atomic E-state index is 5.60. The number of thiocarbonyl (C=S) groups is 1. The predicted molar refractivity (Wildman–Crippen MR) is 49.4 cm³/mol. The van der Waals surface area contributed by atoms with Crippen LogP contribution in [0, 0.1) is 5.92 Å². The van der Waals surface area contributed by atoms with Crippen LogP contribution in [0.2, 0.25) is 0 Å². The molecule has 0 aromatic heterocycles. The van der Waals surface area contributed by atoms with E-state index in [1.165, 1.54) is 0 Å². The summed E-state index contributed by atoms with van der Waals surface area (Å²) in [7, 11) is 0. The number of piperidine rings is 1. The second-order valence-electron chi connectivity index (χ2n) is 3.34. The van der Waals surface area contributed by atoms with Gasteiger partial charge in [0, 0.05) is 18.0 Å². The molecule has 0 aliphatic carbocycles. The van der Waals surface area contributed by atoms with Crippen molar-refractivity contribution in [2.45, 2.75) is 24.9 Å². The highest BCUT2D eigenvalue weighted by atomic mass is 32.1. The molecule has 3 N–H and O–H groups in total. The van der Waals surface area contributed by atoms with Crippen molar-refractivity contribution < 1.29 is 0 Å². The van der Waals surface area contributed by atoms with E-state index < -0.39 is 0 Å². The normalized spacial score (nSPS) is 40.9. The standard InChI is InChI=1S/C8H12N2S/c9-8(11)5-3-6-1-2-7(4-5)10-6/h1-2,5-7,10H,3-4H2,(H2,9,11). The number of nitrogens with two attached hydrogens (primary N) is 1. The zero-order valence-electron chi connectivity index (χ0n) is 6.29. The Hall–Kier alpha value is -0.410. The summed E-state index contributed by atoms with van der Waals surface area (Å²) in [4.78, 5) is 0.685. The minimum atomic E-state index is 0.455. The molecule has 2 nitrogen and oxygen atoms in total. The first-order valence-electron chi connectivity index (χ1n) is 3.99. The van der Waals surface area contributed by atoms with Crippen molar-refractivity contribution in [1.82, 2.24) is 5.32 Å². The van der Waals surface area contributed by atoms with E-state index in [1.54, 1.807) is 0 Å². The second-order valence-corrected chi connectivity index (χ2v) is 3.81. The summed E-state index contributed by atoms with van der Waals surface area (Å²) in [5.74, 6) is 0.455. The Labute approximate surface area is 71.8 Å². The third-order valence-corrected chi connectivity index (χ3v) is 2.82. The molecule has 3 heteroatoms. The van der Waals surface area contributed by atoms with E-state index >= 15 is 0 Å². The molecule has 11 heavy (non-hydrogen) atoms. The third-order valence-electron chi connectivity index (χ3n) is 2.48. The average Bonchev–Trinajstić information content (AvgIpc) is 2.30. The van der Waals surface area contributed by atoms with Gasteiger partial charge in [0.15, 0.2) is 0 Å². The maximum Gasteiger partial charge on any atom is 0.0760 e. The van der Waals surface area contributed by atoms with Gasteiger partial charge in [0.2, 0.25) is 0 Å². The van der Waals surface area contributed by atoms with E-state index in [4.69, 9.17) is 18.0 Å². The van der Waals surface area contributed by atoms with Gasteiger partial charge in [-0.05, 0) is 12.8 Å². The summed E-state index contributed by atoms with van der Waals surface area (Å²) in [5.41, 5.74) is 5.60. The molecule has 0 radical (unpaired) electrons. The molecule has 60 valence electrons. The number of rotatable bonds is 1. The van der Waals surface area contributed by atoms with Crippen LogP contribution in [-0.4, -0.2) is 17.1 Å². The molecule has 1 fully saturated rings. The third kappa shape index (κ3) is 1.30. The molecule has 0 aromatic carbocycles. The lowest BCUT2D eigenvalue weighted by molar-refractivity contribution is 0.378. The van der Waals surface area contributed by atoms with Crippen LogP contribution in [0.25, 0.3) is 0 Å². The molecule has 0 saturated carbocycles. The van der Waals surface area contributed by atoms with Crippen molar-refractivity contribution in [3.05, 3.63) is 12.2 Å². The molecule has 2 bridgehead atoms. The smallest absolute Gasteiger partial charge is 0.0760 e. The zero-order chi connectivity index (χ0) is 7.84. The first-order valence-corrected chi connectivity index (χ1v) is 4.40. The Balaban J connectivity index is 2.06. The first-order chi connectivity index (χ1) is 5.25. The van der Waals surface area contributed by atoms with E-state index in [-0.39, 0.29) is 0 Å². The molecule has 0 amide bonds. The van der Waals surface area contributed by atoms with Gasteiger partial charge in [0.1, 0.15) is 0 Å². The van der Waals surface area contributed by atoms with Crippen molar-refractivity contribution in [3.63, 3.8) is 0 Å². The van der Waals surface area contributed by atoms with Crippen LogP contribution in [0.1, 0.15) is 12.8 Å². The van der Waals surface area contributed by atoms with E-state index in [0.29, 0.717) is 23.0 Å². The fourth-order valence-electron chi connectivity index (χ4n) is 1.89. The van der Waals surface area contributed by atoms with Crippen molar-refractivity contribution in [2.75, 3.05) is 0 Å². The van der Waals surface area contributed by atoms with E-state index in [9.17, 15) is 0 Å². The molecule has 0 spiro atoms. The summed E-state index contributed by atoms with van der Waals surface area (Å²) < 4.78 is 0. The lowest BCUT2D eigenvalue weighted by atomic mass is 9.92. The summed E-state index contributed by atoms with van der Waals surface area (Å²) >= 11 is 4.97. The highest BCUT2D eigenvalue weighted by Crippen LogP contribution is 2.26. The Kier molecular flexibility index (Phi) is 1.69. The van der Waals surface area contributed by atoms with Crippen LogP contribution < -0.4 is 11.1 Å². The molecule has 2 aliphatic heterocycles. The van der Waals surface area contributed by atoms with Gasteiger partial charge < -0.3 is 11.1 Å². The molecule has 2 rings (SSSR count). The van der Waals surface area contributed by atoms with Gasteiger partial charge >= 0.3 is 0 Å². The highest BCUT2D eigenvalue weighted by Gasteiger charge is 2.30. The van der Waals surface area contributed by atoms with E-state index in [2.05, 4.69) is 17.5 Å². The quantitative estimate of drug-likeness (QED) is 0.444. The summed E-state index contributed by atoms with van der Waals surface area (Å²) in [5, 5.41) is 3.45. The van der Waals surface area contributed by atoms with Crippen molar-refractivity contribution >= 4 is 17.2 Å². The Morgan fingerprint density at radius 3 is 2.36 bits per heavy atom. The molecule has 2 heterocycles. The fraction of sp³-hybridized carbons (Fsp3) is 0.625. The van der Waals surface area contributed by atoms with E-state index in [1.807, 2.05) is 0 Å². The van der Waals surface area contributed by atoms with E-state index in [0.717, 1.165) is 12.8 Å². The molecule has 2 aliphatic rings. The van der Waals surface area contributed by atoms with Gasteiger partial charge in [0.05, 0.1) is 4.99 Å². The second kappa shape index (κ2) is 2.57. The van der Waals surface area contributed by atoms with Crippen molar-refractivity contribution in [2.24, 2.45) is 11.7 Å². The predicted octanol–water partition coefficient (Wildman–Crippen LogP) is 0.579. The van der Waals surface area contributed by atoms with Gasteiger partial charge in [-0.2, -0.15) is 0 Å². The minimum Gasteiger partial charge on any atom is -0.393 e. The van der Waals surface area contributed by atoms with Crippen LogP contribution in [-0.2, 0) is 0 Å². The lowest BCUT2D eigenvalue weighted by Gasteiger charge is -2.28. The van der Waals surface area contributed by atoms with Gasteiger partial charge in [0.25, 0.3) is 0 Å². The number of hydrogen-bond acceptors (Lipinski definition) is 2. The Bertz CT molecular complexity index is 198. The van der Waals surface area contributed by atoms with Crippen LogP contribution >= 0.6 is 12.2 Å². The Morgan fingerprint density at radius 2 is 1.91 bits per heavy atom. The summed E-state index contributed by atoms with van der Waals surface area (Å²) in [6, 6.07) is 1.06. The number of fused-ring (bicyclic) bond motifs is 2. The molecule has 1 saturated heterocycles. The van der Waals surface area contributed by atoms with Crippen molar-refractivity contribution in [1.29, 1.82) is 0 Å². The average molecular weight is 168 g/mol. The van der Waals surface area contributed by atoms with Crippen molar-refractivity contribution in [3.8, 4) is 0 Å². The molecule has 2 unspecified atom stereocenters. The Morgan fingerprint density at radius 1 is 1.36 bits per heavy atom. The largest absolute Gasteiger partial charge is 0.393 e.